The Kier molecular flexibility index (Phi) is 10.3. The predicted octanol–water partition coefficient (Wildman–Crippen LogP) is 3.96. The van der Waals surface area contributed by atoms with Crippen LogP contribution < -0.4 is 5.32 Å². The number of phenols is 1. The van der Waals surface area contributed by atoms with Gasteiger partial charge in [-0.15, -0.1) is 0 Å². The number of aliphatic hydroxyl groups excluding tert-OH is 2. The van der Waals surface area contributed by atoms with Crippen molar-refractivity contribution in [2.45, 2.75) is 57.3 Å². The highest BCUT2D eigenvalue weighted by Crippen LogP contribution is 2.23. The normalized spacial score (nSPS) is 13.8. The van der Waals surface area contributed by atoms with Gasteiger partial charge in [0.1, 0.15) is 12.4 Å². The summed E-state index contributed by atoms with van der Waals surface area (Å²) in [5.41, 5.74) is 1.59. The first-order valence-corrected chi connectivity index (χ1v) is 10.7. The molecule has 0 saturated heterocycles. The number of aliphatic hydroxyl groups is 2. The van der Waals surface area contributed by atoms with Gasteiger partial charge in [-0.2, -0.15) is 0 Å². The molecule has 0 aliphatic carbocycles. The van der Waals surface area contributed by atoms with Crippen LogP contribution in [0, 0.1) is 0 Å². The summed E-state index contributed by atoms with van der Waals surface area (Å²) in [6.07, 6.45) is 1.01. The average molecular weight is 438 g/mol. The van der Waals surface area contributed by atoms with Gasteiger partial charge in [0, 0.05) is 18.5 Å². The Labute approximate surface area is 182 Å². The summed E-state index contributed by atoms with van der Waals surface area (Å²) in [5.74, 6) is -2.89. The third kappa shape index (κ3) is 9.31. The first-order chi connectivity index (χ1) is 14.8. The summed E-state index contributed by atoms with van der Waals surface area (Å²) >= 11 is 0. The molecule has 0 radical (unpaired) electrons. The Bertz CT molecular complexity index is 773. The number of nitrogens with one attached hydrogen (secondary N) is 1. The molecule has 0 spiro atoms. The second-order valence-corrected chi connectivity index (χ2v) is 7.90. The van der Waals surface area contributed by atoms with Gasteiger partial charge in [-0.25, -0.2) is 8.78 Å². The van der Waals surface area contributed by atoms with Crippen LogP contribution in [0.2, 0.25) is 0 Å². The number of aromatic hydroxyl groups is 1. The van der Waals surface area contributed by atoms with Crippen LogP contribution >= 0.6 is 0 Å². The molecule has 0 aliphatic heterocycles. The van der Waals surface area contributed by atoms with Crippen molar-refractivity contribution in [3.63, 3.8) is 0 Å². The van der Waals surface area contributed by atoms with Crippen LogP contribution in [0.3, 0.4) is 0 Å². The van der Waals surface area contributed by atoms with E-state index >= 15 is 0 Å². The third-order valence-electron chi connectivity index (χ3n) is 5.10. The minimum Gasteiger partial charge on any atom is -0.508 e. The third-order valence-corrected chi connectivity index (χ3v) is 5.10. The molecule has 172 valence electrons. The molecular weight excluding hydrogens is 404 g/mol. The highest BCUT2D eigenvalue weighted by Gasteiger charge is 2.30. The topological polar surface area (TPSA) is 82.0 Å². The van der Waals surface area contributed by atoms with Crippen LogP contribution in [0.1, 0.15) is 49.0 Å². The van der Waals surface area contributed by atoms with Crippen molar-refractivity contribution >= 4 is 0 Å². The van der Waals surface area contributed by atoms with Crippen molar-refractivity contribution < 1.29 is 28.8 Å². The summed E-state index contributed by atoms with van der Waals surface area (Å²) in [6.45, 7) is 1.94. The van der Waals surface area contributed by atoms with Gasteiger partial charge in [-0.3, -0.25) is 0 Å². The Morgan fingerprint density at radius 1 is 1.10 bits per heavy atom. The van der Waals surface area contributed by atoms with Crippen molar-refractivity contribution in [3.05, 3.63) is 65.2 Å². The van der Waals surface area contributed by atoms with E-state index in [9.17, 15) is 24.1 Å². The molecule has 2 rings (SSSR count). The molecule has 2 aromatic rings. The molecule has 4 N–H and O–H groups in total. The first-order valence-electron chi connectivity index (χ1n) is 10.7. The molecule has 0 fully saturated rings. The van der Waals surface area contributed by atoms with Crippen molar-refractivity contribution in [1.29, 1.82) is 0 Å². The van der Waals surface area contributed by atoms with Crippen LogP contribution in [0.4, 0.5) is 8.78 Å². The van der Waals surface area contributed by atoms with E-state index < -0.39 is 18.6 Å². The van der Waals surface area contributed by atoms with Gasteiger partial charge < -0.3 is 25.4 Å². The quantitative estimate of drug-likeness (QED) is 0.337. The smallest absolute Gasteiger partial charge is 0.274 e. The lowest BCUT2D eigenvalue weighted by atomic mass is 10.1. The van der Waals surface area contributed by atoms with Crippen molar-refractivity contribution in [2.24, 2.45) is 0 Å². The van der Waals surface area contributed by atoms with E-state index in [4.69, 9.17) is 4.74 Å². The molecule has 0 unspecified atom stereocenters. The Hall–Kier alpha value is -2.06. The maximum atomic E-state index is 14.1. The van der Waals surface area contributed by atoms with E-state index in [1.165, 1.54) is 6.07 Å². The highest BCUT2D eigenvalue weighted by atomic mass is 19.3. The molecule has 0 saturated carbocycles. The SMILES string of the molecule is C[C@@H](CCCCNC[C@H](O)c1ccc(O)c(CO)c1)OCC(F)(F)Cc1ccccc1. The number of benzene rings is 2. The van der Waals surface area contributed by atoms with E-state index in [1.807, 2.05) is 0 Å². The molecule has 0 heterocycles. The molecule has 0 amide bonds. The fourth-order valence-electron chi connectivity index (χ4n) is 3.27. The molecule has 7 heteroatoms. The number of hydrogen-bond acceptors (Lipinski definition) is 5. The summed E-state index contributed by atoms with van der Waals surface area (Å²) in [4.78, 5) is 0. The van der Waals surface area contributed by atoms with Gasteiger partial charge >= 0.3 is 0 Å². The maximum Gasteiger partial charge on any atom is 0.274 e. The summed E-state index contributed by atoms with van der Waals surface area (Å²) in [6, 6.07) is 13.3. The molecule has 2 atom stereocenters. The lowest BCUT2D eigenvalue weighted by molar-refractivity contribution is -0.0963. The summed E-state index contributed by atoms with van der Waals surface area (Å²) in [7, 11) is 0. The molecule has 2 aromatic carbocycles. The lowest BCUT2D eigenvalue weighted by Gasteiger charge is -2.20. The molecular formula is C24H33F2NO4. The van der Waals surface area contributed by atoms with Gasteiger partial charge in [-0.1, -0.05) is 36.4 Å². The number of halogens is 2. The Morgan fingerprint density at radius 3 is 2.55 bits per heavy atom. The number of ether oxygens (including phenoxy) is 1. The fourth-order valence-corrected chi connectivity index (χ4v) is 3.27. The molecule has 31 heavy (non-hydrogen) atoms. The Morgan fingerprint density at radius 2 is 1.84 bits per heavy atom. The molecule has 0 aliphatic rings. The number of unbranched alkanes of at least 4 members (excludes halogenated alkanes) is 1. The summed E-state index contributed by atoms with van der Waals surface area (Å²) in [5, 5.41) is 32.1. The summed E-state index contributed by atoms with van der Waals surface area (Å²) < 4.78 is 33.5. The zero-order chi connectivity index (χ0) is 22.7. The zero-order valence-corrected chi connectivity index (χ0v) is 17.9. The highest BCUT2D eigenvalue weighted by molar-refractivity contribution is 5.36. The van der Waals surface area contributed by atoms with Crippen molar-refractivity contribution in [1.82, 2.24) is 5.32 Å². The molecule has 0 aromatic heterocycles. The van der Waals surface area contributed by atoms with Gasteiger partial charge in [0.2, 0.25) is 0 Å². The maximum absolute atomic E-state index is 14.1. The minimum atomic E-state index is -2.89. The van der Waals surface area contributed by atoms with E-state index in [2.05, 4.69) is 5.32 Å². The first kappa shape index (κ1) is 25.2. The van der Waals surface area contributed by atoms with E-state index in [0.29, 0.717) is 36.2 Å². The molecule has 5 nitrogen and oxygen atoms in total. The predicted molar refractivity (Wildman–Crippen MR) is 116 cm³/mol. The van der Waals surface area contributed by atoms with E-state index in [0.717, 1.165) is 12.8 Å². The van der Waals surface area contributed by atoms with Gasteiger partial charge in [0.25, 0.3) is 5.92 Å². The average Bonchev–Trinajstić information content (AvgIpc) is 2.75. The second kappa shape index (κ2) is 12.7. The van der Waals surface area contributed by atoms with Crippen molar-refractivity contribution in [2.75, 3.05) is 19.7 Å². The van der Waals surface area contributed by atoms with Gasteiger partial charge in [-0.05, 0) is 56.0 Å². The second-order valence-electron chi connectivity index (χ2n) is 7.90. The number of rotatable bonds is 14. The van der Waals surface area contributed by atoms with Crippen LogP contribution in [0.25, 0.3) is 0 Å². The van der Waals surface area contributed by atoms with Crippen LogP contribution in [0.15, 0.2) is 48.5 Å². The Balaban J connectivity index is 1.57. The number of alkyl halides is 2. The van der Waals surface area contributed by atoms with Crippen LogP contribution in [0.5, 0.6) is 5.75 Å². The standard InChI is InChI=1S/C24H33F2NO4/c1-18(31-17-24(25,26)14-19-8-3-2-4-9-19)7-5-6-12-27-15-23(30)20-10-11-22(29)21(13-20)16-28/h2-4,8-11,13,18,23,27-30H,5-7,12,14-17H2,1H3/t18-,23-/m0/s1. The lowest BCUT2D eigenvalue weighted by Crippen LogP contribution is -2.29. The number of hydrogen-bond donors (Lipinski definition) is 4. The van der Waals surface area contributed by atoms with Gasteiger partial charge in [0.15, 0.2) is 0 Å². The largest absolute Gasteiger partial charge is 0.508 e. The van der Waals surface area contributed by atoms with E-state index in [-0.39, 0.29) is 24.9 Å². The van der Waals surface area contributed by atoms with E-state index in [1.54, 1.807) is 49.4 Å². The monoisotopic (exact) mass is 437 g/mol. The van der Waals surface area contributed by atoms with Crippen LogP contribution in [-0.4, -0.2) is 47.0 Å². The fraction of sp³-hybridized carbons (Fsp3) is 0.500. The van der Waals surface area contributed by atoms with Gasteiger partial charge in [0.05, 0.1) is 18.8 Å². The zero-order valence-electron chi connectivity index (χ0n) is 17.9. The van der Waals surface area contributed by atoms with Crippen LogP contribution in [-0.2, 0) is 17.8 Å². The van der Waals surface area contributed by atoms with Crippen molar-refractivity contribution in [3.8, 4) is 5.75 Å². The molecule has 0 bridgehead atoms. The minimum absolute atomic E-state index is 0.000533.